The zero-order valence-corrected chi connectivity index (χ0v) is 50.5. The van der Waals surface area contributed by atoms with Crippen LogP contribution in [0.1, 0.15) is 67.3 Å². The second-order valence-corrected chi connectivity index (χ2v) is 21.5. The molecule has 0 heterocycles. The molecule has 0 amide bonds. The molecule has 0 saturated heterocycles. The molecule has 24 nitrogen and oxygen atoms in total. The van der Waals surface area contributed by atoms with Crippen LogP contribution in [0, 0.1) is 39.9 Å². The average molecular weight is 1360 g/mol. The maximum absolute atomic E-state index is 12.7. The predicted octanol–water partition coefficient (Wildman–Crippen LogP) is -0.863. The number of carbonyl (C=O) groups is 5. The van der Waals surface area contributed by atoms with E-state index in [4.69, 9.17) is 23.7 Å². The number of nitrogens with zero attached hydrogens (tertiary/aromatic N) is 3. The molecule has 0 aliphatic heterocycles. The fourth-order valence-corrected chi connectivity index (χ4v) is 9.70. The summed E-state index contributed by atoms with van der Waals surface area (Å²) in [7, 11) is -5.18. The average Bonchev–Trinajstić information content (AvgIpc) is 3.20. The molecule has 461 valence electrons. The first kappa shape index (κ1) is 71.3. The van der Waals surface area contributed by atoms with Crippen molar-refractivity contribution in [1.29, 1.82) is 0 Å². The third-order valence-electron chi connectivity index (χ3n) is 12.7. The summed E-state index contributed by atoms with van der Waals surface area (Å²) in [5.41, 5.74) is 4.46. The molecule has 2 unspecified atom stereocenters. The van der Waals surface area contributed by atoms with Gasteiger partial charge in [0.15, 0.2) is 6.10 Å². The van der Waals surface area contributed by atoms with E-state index in [1.54, 1.807) is 6.07 Å². The van der Waals surface area contributed by atoms with Crippen molar-refractivity contribution in [3.05, 3.63) is 137 Å². The molecule has 5 aromatic carbocycles. The van der Waals surface area contributed by atoms with Crippen LogP contribution in [0.15, 0.2) is 119 Å². The van der Waals surface area contributed by atoms with Gasteiger partial charge in [0.2, 0.25) is 0 Å². The Labute approximate surface area is 529 Å². The van der Waals surface area contributed by atoms with Crippen LogP contribution >= 0.6 is 12.0 Å². The molecular formula is C58H64GdN3O21S2-4. The van der Waals surface area contributed by atoms with Crippen LogP contribution in [0.25, 0.3) is 0 Å². The van der Waals surface area contributed by atoms with E-state index in [-0.39, 0.29) is 114 Å². The summed E-state index contributed by atoms with van der Waals surface area (Å²) < 4.78 is 73.2. The van der Waals surface area contributed by atoms with E-state index >= 15 is 0 Å². The fourth-order valence-electron chi connectivity index (χ4n) is 8.59. The van der Waals surface area contributed by atoms with E-state index in [9.17, 15) is 67.7 Å². The van der Waals surface area contributed by atoms with Gasteiger partial charge in [-0.25, -0.2) is 8.42 Å². The van der Waals surface area contributed by atoms with Crippen molar-refractivity contribution in [2.24, 2.45) is 0 Å². The number of hydrogen-bond acceptors (Lipinski definition) is 25. The topological polar surface area (TPSA) is 355 Å². The number of hydrogen-bond donors (Lipinski definition) is 0. The van der Waals surface area contributed by atoms with E-state index in [0.29, 0.717) is 23.4 Å². The van der Waals surface area contributed by atoms with Gasteiger partial charge in [0.1, 0.15) is 65.3 Å². The smallest absolute Gasteiger partial charge is 0.744 e. The summed E-state index contributed by atoms with van der Waals surface area (Å²) in [5, 5.41) is 73.0. The Morgan fingerprint density at radius 1 is 0.541 bits per heavy atom. The SMILES string of the molecule is CCCCc1ccc(COc2ccc(OCC(COc3ccc(OCc4ccc(CCCC)cc4)cc3S(=O)(=O)[O-])Oc3ccc(CC(CN(CCN(CC(=O)[O-])CC(=O)[O-])CC(=O)[O-])N(CC(=O)[O-])CC(=O)[O-])cc3)c(SOO[O-])c2)cc1.[Gd+3]. The Morgan fingerprint density at radius 2 is 0.976 bits per heavy atom. The van der Waals surface area contributed by atoms with Gasteiger partial charge in [0.25, 0.3) is 0 Å². The van der Waals surface area contributed by atoms with E-state index in [2.05, 4.69) is 23.2 Å². The molecule has 0 spiro atoms. The van der Waals surface area contributed by atoms with Crippen molar-refractivity contribution < 1.29 is 141 Å². The minimum absolute atomic E-state index is 0. The number of aryl methyl sites for hydroxylation is 2. The Kier molecular flexibility index (Phi) is 31.3. The number of rotatable bonds is 42. The Bertz CT molecular complexity index is 2980. The third kappa shape index (κ3) is 26.9. The molecule has 2 atom stereocenters. The van der Waals surface area contributed by atoms with Gasteiger partial charge in [-0.1, -0.05) is 87.4 Å². The predicted molar refractivity (Wildman–Crippen MR) is 286 cm³/mol. The maximum atomic E-state index is 12.7. The molecule has 0 fully saturated rings. The summed E-state index contributed by atoms with van der Waals surface area (Å²) >= 11 is 0.514. The van der Waals surface area contributed by atoms with Crippen molar-refractivity contribution in [3.63, 3.8) is 0 Å². The Hall–Kier alpha value is -6.21. The summed E-state index contributed by atoms with van der Waals surface area (Å²) in [6.07, 6.45) is 4.76. The number of carboxylic acids is 5. The monoisotopic (exact) mass is 1360 g/mol. The molecule has 0 aliphatic carbocycles. The number of carboxylic acid groups (broad SMARTS) is 5. The van der Waals surface area contributed by atoms with Crippen molar-refractivity contribution in [3.8, 4) is 28.7 Å². The Balaban J connectivity index is 0.0000155. The van der Waals surface area contributed by atoms with Gasteiger partial charge in [0.05, 0.1) is 51.7 Å². The maximum Gasteiger partial charge on any atom is 3.00 e. The second-order valence-electron chi connectivity index (χ2n) is 19.4. The van der Waals surface area contributed by atoms with E-state index in [1.165, 1.54) is 59.0 Å². The number of carbonyl (C=O) groups excluding carboxylic acids is 5. The largest absolute Gasteiger partial charge is 3.00 e. The zero-order valence-electron chi connectivity index (χ0n) is 46.6. The molecular weight excluding hydrogens is 1300 g/mol. The molecule has 5 rings (SSSR count). The number of aliphatic carboxylic acids is 5. The summed E-state index contributed by atoms with van der Waals surface area (Å²) in [5.74, 6) is -7.93. The van der Waals surface area contributed by atoms with Crippen molar-refractivity contribution in [2.75, 3.05) is 65.6 Å². The van der Waals surface area contributed by atoms with Gasteiger partial charge in [-0.3, -0.25) is 19.7 Å². The van der Waals surface area contributed by atoms with E-state index < -0.39 is 96.3 Å². The van der Waals surface area contributed by atoms with Gasteiger partial charge in [-0.05, 0) is 102 Å². The minimum atomic E-state index is -5.18. The fraction of sp³-hybridized carbons (Fsp3) is 0.397. The van der Waals surface area contributed by atoms with Gasteiger partial charge < -0.3 is 83.0 Å². The van der Waals surface area contributed by atoms with Crippen LogP contribution in [0.2, 0.25) is 0 Å². The number of benzene rings is 5. The molecule has 85 heavy (non-hydrogen) atoms. The third-order valence-corrected chi connectivity index (χ3v) is 14.2. The standard InChI is InChI=1S/C58H71N3O21S2.Gd/c1-3-5-7-40-9-13-43(14-10-40)36-76-47-21-23-50(52(28-47)83-82-81-72)78-38-49(39-79-51-24-22-48(29-53(51)84(73,74)75)77-37-44-15-11-41(12-16-44)8-6-4-2)80-46-19-17-42(18-20-46)27-45(61(34-57(68)69)35-58(70)71)30-59(31-54(62)63)25-26-60(32-55(64)65)33-56(66)67;/h9-24,28-29,45,49,72H,3-8,25-27,30-39H2,1-2H3,(H,62,63)(H,64,65)(H,66,67)(H,68,69)(H,70,71)(H,73,74,75);/q;+3/p-7. The molecule has 0 saturated carbocycles. The van der Waals surface area contributed by atoms with Crippen LogP contribution in [0.3, 0.4) is 0 Å². The summed E-state index contributed by atoms with van der Waals surface area (Å²) in [6.45, 7) is -1.90. The first-order valence-electron chi connectivity index (χ1n) is 26.7. The second kappa shape index (κ2) is 37.4. The minimum Gasteiger partial charge on any atom is -0.744 e. The molecule has 0 aromatic heterocycles. The van der Waals surface area contributed by atoms with Gasteiger partial charge in [-0.2, -0.15) is 4.33 Å². The van der Waals surface area contributed by atoms with Crippen LogP contribution < -0.4 is 54.5 Å². The number of unbranched alkanes of at least 4 members (excludes halogenated alkanes) is 2. The first-order chi connectivity index (χ1) is 40.2. The van der Waals surface area contributed by atoms with Crippen molar-refractivity contribution in [1.82, 2.24) is 14.7 Å². The molecule has 27 heteroatoms. The van der Waals surface area contributed by atoms with Gasteiger partial charge >= 0.3 is 39.9 Å². The summed E-state index contributed by atoms with van der Waals surface area (Å²) in [4.78, 5) is 60.9. The number of ether oxygens (including phenoxy) is 5. The van der Waals surface area contributed by atoms with E-state index in [0.717, 1.165) is 71.1 Å². The van der Waals surface area contributed by atoms with E-state index in [1.807, 2.05) is 48.5 Å². The van der Waals surface area contributed by atoms with Crippen LogP contribution in [0.5, 0.6) is 28.7 Å². The normalized spacial score (nSPS) is 12.1. The van der Waals surface area contributed by atoms with Crippen molar-refractivity contribution >= 4 is 52.0 Å². The summed E-state index contributed by atoms with van der Waals surface area (Å²) in [6, 6.07) is 28.9. The molecule has 0 aliphatic rings. The van der Waals surface area contributed by atoms with Crippen LogP contribution in [0.4, 0.5) is 0 Å². The zero-order chi connectivity index (χ0) is 61.0. The Morgan fingerprint density at radius 3 is 1.46 bits per heavy atom. The van der Waals surface area contributed by atoms with Crippen LogP contribution in [-0.4, -0.2) is 135 Å². The quantitative estimate of drug-likeness (QED) is 0.0198. The van der Waals surface area contributed by atoms with Gasteiger partial charge in [-0.15, -0.1) is 0 Å². The molecule has 5 aromatic rings. The first-order valence-corrected chi connectivity index (χ1v) is 28.8. The van der Waals surface area contributed by atoms with Crippen molar-refractivity contribution in [2.45, 2.75) is 93.9 Å². The molecule has 1 radical (unpaired) electrons. The van der Waals surface area contributed by atoms with Gasteiger partial charge in [0, 0.05) is 64.5 Å². The molecule has 0 bridgehead atoms. The molecule has 0 N–H and O–H groups in total. The van der Waals surface area contributed by atoms with Crippen LogP contribution in [-0.2, 0) is 75.9 Å².